The number of fused-ring (bicyclic) bond motifs is 5. The van der Waals surface area contributed by atoms with Crippen molar-refractivity contribution < 1.29 is 38.5 Å². The van der Waals surface area contributed by atoms with Gasteiger partial charge in [0.05, 0.1) is 18.0 Å². The lowest BCUT2D eigenvalue weighted by Crippen LogP contribution is -2.39. The summed E-state index contributed by atoms with van der Waals surface area (Å²) in [7, 11) is 0. The van der Waals surface area contributed by atoms with Crippen molar-refractivity contribution in [2.45, 2.75) is 12.3 Å². The van der Waals surface area contributed by atoms with E-state index in [0.717, 1.165) is 5.56 Å². The minimum Gasteiger partial charge on any atom is -0.492 e. The van der Waals surface area contributed by atoms with Gasteiger partial charge in [0.15, 0.2) is 11.5 Å². The van der Waals surface area contributed by atoms with Gasteiger partial charge in [-0.05, 0) is 42.3 Å². The number of likely N-dealkylation sites (tertiary alicyclic amines) is 1. The number of carbonyl (C=O) groups excluding carboxylic acids is 3. The smallest absolute Gasteiger partial charge is 0.290 e. The largest absolute Gasteiger partial charge is 0.492 e. The second kappa shape index (κ2) is 13.3. The first-order valence-corrected chi connectivity index (χ1v) is 14.4. The van der Waals surface area contributed by atoms with Gasteiger partial charge < -0.3 is 34.4 Å². The number of carboxylic acid groups (broad SMARTS) is 1. The predicted octanol–water partition coefficient (Wildman–Crippen LogP) is 2.47. The van der Waals surface area contributed by atoms with Crippen molar-refractivity contribution >= 4 is 35.5 Å². The van der Waals surface area contributed by atoms with Crippen molar-refractivity contribution in [3.63, 3.8) is 0 Å². The predicted molar refractivity (Wildman–Crippen MR) is 151 cm³/mol. The van der Waals surface area contributed by atoms with Gasteiger partial charge in [0, 0.05) is 43.0 Å². The van der Waals surface area contributed by atoms with Crippen LogP contribution in [0.25, 0.3) is 0 Å². The van der Waals surface area contributed by atoms with Crippen LogP contribution in [-0.4, -0.2) is 90.2 Å². The molecule has 4 heterocycles. The molecule has 3 aromatic rings. The van der Waals surface area contributed by atoms with Crippen LogP contribution in [0.4, 0.5) is 0 Å². The Balaban J connectivity index is 0.00000113. The Labute approximate surface area is 245 Å². The summed E-state index contributed by atoms with van der Waals surface area (Å²) in [6, 6.07) is 12.8. The Morgan fingerprint density at radius 2 is 1.81 bits per heavy atom. The number of carbonyl (C=O) groups is 4. The van der Waals surface area contributed by atoms with Crippen molar-refractivity contribution in [3.05, 3.63) is 70.2 Å². The average Bonchev–Trinajstić information content (AvgIpc) is 3.78. The standard InChI is InChI=1S/C28H28N4O6S.CH2O2/c33-26-22-14-32(27(34)19-5-6-24-25(12-19)38-17-37-24)13-21(22)18-3-1-4-20(11-18)36-10-9-31(8-2-7-29-26)28(35)23-15-39-16-30-23;2-1-3/h1,3-6,11-12,15-16,21-22H,2,7-10,13-14,17H2,(H,29,33);1H,(H,2,3)/t21-,22+;/m1./s1. The number of benzene rings is 2. The fourth-order valence-corrected chi connectivity index (χ4v) is 5.83. The lowest BCUT2D eigenvalue weighted by atomic mass is 9.88. The summed E-state index contributed by atoms with van der Waals surface area (Å²) >= 11 is 1.38. The molecular formula is C29H30N4O8S. The summed E-state index contributed by atoms with van der Waals surface area (Å²) in [4.78, 5) is 55.8. The summed E-state index contributed by atoms with van der Waals surface area (Å²) in [5.74, 6) is 0.793. The summed E-state index contributed by atoms with van der Waals surface area (Å²) < 4.78 is 16.8. The van der Waals surface area contributed by atoms with Crippen LogP contribution in [0, 0.1) is 5.92 Å². The van der Waals surface area contributed by atoms with Crippen molar-refractivity contribution in [3.8, 4) is 17.2 Å². The molecule has 0 saturated carbocycles. The van der Waals surface area contributed by atoms with Crippen LogP contribution in [-0.2, 0) is 9.59 Å². The molecule has 1 fully saturated rings. The van der Waals surface area contributed by atoms with E-state index in [-0.39, 0.29) is 36.9 Å². The Hall–Kier alpha value is -4.65. The van der Waals surface area contributed by atoms with Gasteiger partial charge in [-0.3, -0.25) is 19.2 Å². The number of thiazole rings is 1. The number of rotatable bonds is 2. The van der Waals surface area contributed by atoms with Gasteiger partial charge in [0.1, 0.15) is 18.1 Å². The molecule has 2 aromatic carbocycles. The molecule has 6 rings (SSSR count). The fourth-order valence-electron chi connectivity index (χ4n) is 5.30. The van der Waals surface area contributed by atoms with Gasteiger partial charge in [-0.25, -0.2) is 4.98 Å². The average molecular weight is 595 g/mol. The Kier molecular flexibility index (Phi) is 9.17. The van der Waals surface area contributed by atoms with E-state index < -0.39 is 5.92 Å². The number of hydrogen-bond donors (Lipinski definition) is 2. The molecule has 0 radical (unpaired) electrons. The quantitative estimate of drug-likeness (QED) is 0.427. The van der Waals surface area contributed by atoms with E-state index >= 15 is 0 Å². The fraction of sp³-hybridized carbons (Fsp3) is 0.345. The van der Waals surface area contributed by atoms with Crippen LogP contribution < -0.4 is 19.5 Å². The van der Waals surface area contributed by atoms with E-state index in [1.807, 2.05) is 24.3 Å². The molecule has 3 aliphatic heterocycles. The molecular weight excluding hydrogens is 564 g/mol. The zero-order valence-electron chi connectivity index (χ0n) is 22.6. The maximum absolute atomic E-state index is 13.5. The van der Waals surface area contributed by atoms with E-state index in [9.17, 15) is 14.4 Å². The summed E-state index contributed by atoms with van der Waals surface area (Å²) in [5.41, 5.74) is 3.47. The van der Waals surface area contributed by atoms with Gasteiger partial charge in [-0.15, -0.1) is 11.3 Å². The molecule has 2 atom stereocenters. The lowest BCUT2D eigenvalue weighted by molar-refractivity contribution is -0.125. The van der Waals surface area contributed by atoms with Crippen LogP contribution in [0.3, 0.4) is 0 Å². The van der Waals surface area contributed by atoms with Crippen LogP contribution >= 0.6 is 11.3 Å². The Morgan fingerprint density at radius 1 is 1.00 bits per heavy atom. The highest BCUT2D eigenvalue weighted by atomic mass is 32.1. The highest BCUT2D eigenvalue weighted by Crippen LogP contribution is 2.37. The van der Waals surface area contributed by atoms with E-state index in [2.05, 4.69) is 10.3 Å². The first kappa shape index (κ1) is 28.9. The molecule has 2 bridgehead atoms. The molecule has 220 valence electrons. The van der Waals surface area contributed by atoms with Crippen molar-refractivity contribution in [1.29, 1.82) is 0 Å². The van der Waals surface area contributed by atoms with Gasteiger partial charge in [-0.1, -0.05) is 12.1 Å². The minimum atomic E-state index is -0.422. The van der Waals surface area contributed by atoms with Crippen molar-refractivity contribution in [2.24, 2.45) is 5.92 Å². The monoisotopic (exact) mass is 594 g/mol. The summed E-state index contributed by atoms with van der Waals surface area (Å²) in [6.07, 6.45) is 0.587. The Bertz CT molecular complexity index is 1430. The number of hydrogen-bond acceptors (Lipinski definition) is 9. The lowest BCUT2D eigenvalue weighted by Gasteiger charge is -2.24. The zero-order valence-corrected chi connectivity index (χ0v) is 23.5. The van der Waals surface area contributed by atoms with Gasteiger partial charge in [-0.2, -0.15) is 0 Å². The number of aromatic nitrogens is 1. The number of nitrogens with zero attached hydrogens (tertiary/aromatic N) is 3. The number of nitrogens with one attached hydrogen (secondary N) is 1. The zero-order chi connectivity index (χ0) is 29.5. The van der Waals surface area contributed by atoms with E-state index in [1.54, 1.807) is 38.9 Å². The molecule has 3 aliphatic rings. The summed E-state index contributed by atoms with van der Waals surface area (Å²) in [5, 5.41) is 11.7. The molecule has 1 aromatic heterocycles. The number of ether oxygens (including phenoxy) is 3. The van der Waals surface area contributed by atoms with Gasteiger partial charge in [0.2, 0.25) is 12.7 Å². The van der Waals surface area contributed by atoms with Crippen LogP contribution in [0.1, 0.15) is 38.7 Å². The van der Waals surface area contributed by atoms with E-state index in [1.165, 1.54) is 11.3 Å². The second-order valence-electron chi connectivity index (χ2n) is 9.83. The molecule has 3 amide bonds. The third-order valence-corrected chi connectivity index (χ3v) is 7.91. The third kappa shape index (κ3) is 6.46. The molecule has 0 spiro atoms. The summed E-state index contributed by atoms with van der Waals surface area (Å²) in [6.45, 7) is 2.19. The topological polar surface area (TPSA) is 148 Å². The van der Waals surface area contributed by atoms with Gasteiger partial charge >= 0.3 is 0 Å². The van der Waals surface area contributed by atoms with Crippen molar-refractivity contribution in [1.82, 2.24) is 20.1 Å². The van der Waals surface area contributed by atoms with Crippen molar-refractivity contribution in [2.75, 3.05) is 46.1 Å². The minimum absolute atomic E-state index is 0.109. The second-order valence-corrected chi connectivity index (χ2v) is 10.5. The first-order valence-electron chi connectivity index (χ1n) is 13.4. The van der Waals surface area contributed by atoms with E-state index in [4.69, 9.17) is 24.1 Å². The number of amides is 3. The SMILES string of the molecule is O=C1NCCCN(C(=O)c2cscn2)CCOc2cccc(c2)[C@H]2CN(C(=O)c3ccc4c(c3)OCO4)C[C@H]12.O=CO. The molecule has 2 N–H and O–H groups in total. The molecule has 42 heavy (non-hydrogen) atoms. The first-order chi connectivity index (χ1) is 20.5. The van der Waals surface area contributed by atoms with Crippen LogP contribution in [0.2, 0.25) is 0 Å². The maximum Gasteiger partial charge on any atom is 0.290 e. The van der Waals surface area contributed by atoms with Gasteiger partial charge in [0.25, 0.3) is 18.3 Å². The molecule has 0 unspecified atom stereocenters. The third-order valence-electron chi connectivity index (χ3n) is 7.32. The molecule has 13 heteroatoms. The van der Waals surface area contributed by atoms with Crippen LogP contribution in [0.5, 0.6) is 17.2 Å². The highest BCUT2D eigenvalue weighted by Gasteiger charge is 2.41. The van der Waals surface area contributed by atoms with Crippen LogP contribution in [0.15, 0.2) is 53.4 Å². The molecule has 1 saturated heterocycles. The molecule has 12 nitrogen and oxygen atoms in total. The normalized spacial score (nSPS) is 19.8. The highest BCUT2D eigenvalue weighted by molar-refractivity contribution is 7.07. The Morgan fingerprint density at radius 3 is 2.62 bits per heavy atom. The molecule has 0 aliphatic carbocycles. The maximum atomic E-state index is 13.5. The van der Waals surface area contributed by atoms with E-state index in [0.29, 0.717) is 74.3 Å².